The first-order valence-corrected chi connectivity index (χ1v) is 7.16. The number of aryl methyl sites for hydroxylation is 2. The van der Waals surface area contributed by atoms with Crippen LogP contribution in [0.15, 0.2) is 22.6 Å². The third kappa shape index (κ3) is 2.51. The van der Waals surface area contributed by atoms with Gasteiger partial charge < -0.3 is 14.8 Å². The van der Waals surface area contributed by atoms with E-state index >= 15 is 0 Å². The van der Waals surface area contributed by atoms with Crippen molar-refractivity contribution >= 4 is 11.3 Å². The van der Waals surface area contributed by atoms with E-state index in [2.05, 4.69) is 11.4 Å². The molecular formula is C14H17NO2S. The molecule has 96 valence electrons. The topological polar surface area (TPSA) is 45.4 Å². The monoisotopic (exact) mass is 263 g/mol. The predicted molar refractivity (Wildman–Crippen MR) is 71.5 cm³/mol. The molecule has 0 unspecified atom stereocenters. The Balaban J connectivity index is 1.51. The smallest absolute Gasteiger partial charge is 0.129 e. The lowest BCUT2D eigenvalue weighted by Crippen LogP contribution is -2.11. The Morgan fingerprint density at radius 1 is 1.22 bits per heavy atom. The Morgan fingerprint density at radius 2 is 2.11 bits per heavy atom. The maximum absolute atomic E-state index is 8.91. The van der Waals surface area contributed by atoms with E-state index in [9.17, 15) is 0 Å². The van der Waals surface area contributed by atoms with E-state index in [0.717, 1.165) is 12.3 Å². The number of nitrogens with one attached hydrogen (secondary N) is 1. The zero-order chi connectivity index (χ0) is 12.4. The second-order valence-electron chi connectivity index (χ2n) is 4.64. The van der Waals surface area contributed by atoms with Crippen LogP contribution in [0, 0.1) is 0 Å². The minimum atomic E-state index is -0.0301. The summed E-state index contributed by atoms with van der Waals surface area (Å²) in [6.45, 7) is 1.58. The van der Waals surface area contributed by atoms with Crippen molar-refractivity contribution in [3.05, 3.63) is 45.0 Å². The van der Waals surface area contributed by atoms with Crippen LogP contribution in [-0.4, -0.2) is 5.11 Å². The van der Waals surface area contributed by atoms with Crippen molar-refractivity contribution in [2.24, 2.45) is 0 Å². The quantitative estimate of drug-likeness (QED) is 0.871. The Bertz CT molecular complexity index is 508. The number of furan rings is 1. The van der Waals surface area contributed by atoms with Gasteiger partial charge in [0, 0.05) is 16.3 Å². The number of fused-ring (bicyclic) bond motifs is 1. The predicted octanol–water partition coefficient (Wildman–Crippen LogP) is 2.61. The van der Waals surface area contributed by atoms with Crippen LogP contribution in [0.25, 0.3) is 0 Å². The zero-order valence-electron chi connectivity index (χ0n) is 10.2. The molecule has 2 aromatic rings. The van der Waals surface area contributed by atoms with E-state index in [0.29, 0.717) is 12.3 Å². The van der Waals surface area contributed by atoms with Gasteiger partial charge in [-0.25, -0.2) is 0 Å². The average molecular weight is 263 g/mol. The molecule has 0 spiro atoms. The van der Waals surface area contributed by atoms with Gasteiger partial charge in [-0.15, -0.1) is 11.3 Å². The van der Waals surface area contributed by atoms with Gasteiger partial charge in [-0.3, -0.25) is 0 Å². The van der Waals surface area contributed by atoms with Crippen LogP contribution in [0.2, 0.25) is 0 Å². The standard InChI is InChI=1S/C14H17NO2S/c16-9-12-5-4-11(17-12)7-15-8-13-6-10-2-1-3-14(10)18-13/h4-6,15-16H,1-3,7-9H2. The molecule has 2 heterocycles. The summed E-state index contributed by atoms with van der Waals surface area (Å²) in [4.78, 5) is 2.99. The first kappa shape index (κ1) is 12.0. The molecule has 3 nitrogen and oxygen atoms in total. The minimum Gasteiger partial charge on any atom is -0.462 e. The second kappa shape index (κ2) is 5.26. The fraction of sp³-hybridized carbons (Fsp3) is 0.429. The van der Waals surface area contributed by atoms with E-state index in [4.69, 9.17) is 9.52 Å². The van der Waals surface area contributed by atoms with E-state index in [1.54, 1.807) is 10.4 Å². The summed E-state index contributed by atoms with van der Waals surface area (Å²) < 4.78 is 5.42. The first-order valence-electron chi connectivity index (χ1n) is 6.35. The van der Waals surface area contributed by atoms with Crippen molar-refractivity contribution in [3.8, 4) is 0 Å². The summed E-state index contributed by atoms with van der Waals surface area (Å²) >= 11 is 1.93. The molecule has 0 atom stereocenters. The highest BCUT2D eigenvalue weighted by atomic mass is 32.1. The van der Waals surface area contributed by atoms with Gasteiger partial charge in [0.1, 0.15) is 18.1 Å². The lowest BCUT2D eigenvalue weighted by molar-refractivity contribution is 0.242. The van der Waals surface area contributed by atoms with Gasteiger partial charge in [-0.05, 0) is 43.0 Å². The third-order valence-electron chi connectivity index (χ3n) is 3.27. The van der Waals surface area contributed by atoms with Crippen LogP contribution in [0.5, 0.6) is 0 Å². The molecule has 0 bridgehead atoms. The number of aliphatic hydroxyl groups is 1. The van der Waals surface area contributed by atoms with Crippen molar-refractivity contribution in [1.29, 1.82) is 0 Å². The SMILES string of the molecule is OCc1ccc(CNCc2cc3c(s2)CCC3)o1. The van der Waals surface area contributed by atoms with Crippen LogP contribution in [0.4, 0.5) is 0 Å². The Labute approximate surface area is 110 Å². The van der Waals surface area contributed by atoms with Crippen molar-refractivity contribution in [1.82, 2.24) is 5.32 Å². The summed E-state index contributed by atoms with van der Waals surface area (Å²) in [6, 6.07) is 6.06. The largest absolute Gasteiger partial charge is 0.462 e. The third-order valence-corrected chi connectivity index (χ3v) is 4.51. The lowest BCUT2D eigenvalue weighted by Gasteiger charge is -2.00. The molecule has 0 aromatic carbocycles. The molecule has 0 aliphatic heterocycles. The van der Waals surface area contributed by atoms with Gasteiger partial charge in [0.25, 0.3) is 0 Å². The molecule has 3 rings (SSSR count). The number of thiophene rings is 1. The zero-order valence-corrected chi connectivity index (χ0v) is 11.1. The van der Waals surface area contributed by atoms with E-state index in [1.807, 2.05) is 23.5 Å². The van der Waals surface area contributed by atoms with Crippen molar-refractivity contribution in [3.63, 3.8) is 0 Å². The molecular weight excluding hydrogens is 246 g/mol. The van der Waals surface area contributed by atoms with Crippen LogP contribution in [0.3, 0.4) is 0 Å². The van der Waals surface area contributed by atoms with Crippen molar-refractivity contribution in [2.75, 3.05) is 0 Å². The summed E-state index contributed by atoms with van der Waals surface area (Å²) in [7, 11) is 0. The maximum Gasteiger partial charge on any atom is 0.129 e. The van der Waals surface area contributed by atoms with Gasteiger partial charge in [0.2, 0.25) is 0 Å². The fourth-order valence-corrected chi connectivity index (χ4v) is 3.62. The summed E-state index contributed by atoms with van der Waals surface area (Å²) in [6.07, 6.45) is 3.84. The van der Waals surface area contributed by atoms with E-state index in [-0.39, 0.29) is 6.61 Å². The molecule has 0 saturated carbocycles. The van der Waals surface area contributed by atoms with Gasteiger partial charge in [0.05, 0.1) is 6.54 Å². The number of aliphatic hydroxyl groups excluding tert-OH is 1. The van der Waals surface area contributed by atoms with Gasteiger partial charge in [-0.1, -0.05) is 0 Å². The maximum atomic E-state index is 8.91. The van der Waals surface area contributed by atoms with Gasteiger partial charge >= 0.3 is 0 Å². The average Bonchev–Trinajstić information content (AvgIpc) is 3.03. The highest BCUT2D eigenvalue weighted by molar-refractivity contribution is 7.12. The molecule has 4 heteroatoms. The fourth-order valence-electron chi connectivity index (χ4n) is 2.39. The second-order valence-corrected chi connectivity index (χ2v) is 5.87. The van der Waals surface area contributed by atoms with Crippen molar-refractivity contribution < 1.29 is 9.52 Å². The number of rotatable bonds is 5. The van der Waals surface area contributed by atoms with Crippen molar-refractivity contribution in [2.45, 2.75) is 39.0 Å². The molecule has 1 aliphatic carbocycles. The molecule has 2 N–H and O–H groups in total. The summed E-state index contributed by atoms with van der Waals surface area (Å²) in [5.41, 5.74) is 1.55. The Kier molecular flexibility index (Phi) is 3.50. The van der Waals surface area contributed by atoms with E-state index in [1.165, 1.54) is 24.1 Å². The molecule has 0 fully saturated rings. The lowest BCUT2D eigenvalue weighted by atomic mass is 10.2. The molecule has 1 aliphatic rings. The van der Waals surface area contributed by atoms with Gasteiger partial charge in [0.15, 0.2) is 0 Å². The summed E-state index contributed by atoms with van der Waals surface area (Å²) in [5.74, 6) is 1.50. The van der Waals surface area contributed by atoms with Gasteiger partial charge in [-0.2, -0.15) is 0 Å². The van der Waals surface area contributed by atoms with Crippen LogP contribution < -0.4 is 5.32 Å². The van der Waals surface area contributed by atoms with Crippen LogP contribution in [-0.2, 0) is 32.5 Å². The molecule has 18 heavy (non-hydrogen) atoms. The van der Waals surface area contributed by atoms with E-state index < -0.39 is 0 Å². The Morgan fingerprint density at radius 3 is 2.89 bits per heavy atom. The minimum absolute atomic E-state index is 0.0301. The van der Waals surface area contributed by atoms with Crippen LogP contribution in [0.1, 0.15) is 33.3 Å². The highest BCUT2D eigenvalue weighted by Gasteiger charge is 2.14. The normalized spacial score (nSPS) is 14.1. The number of hydrogen-bond acceptors (Lipinski definition) is 4. The highest BCUT2D eigenvalue weighted by Crippen LogP contribution is 2.30. The van der Waals surface area contributed by atoms with Crippen LogP contribution >= 0.6 is 11.3 Å². The number of hydrogen-bond donors (Lipinski definition) is 2. The summed E-state index contributed by atoms with van der Waals surface area (Å²) in [5, 5.41) is 12.3. The molecule has 0 radical (unpaired) electrons. The first-order chi connectivity index (χ1) is 8.85. The Hall–Kier alpha value is -1.10. The molecule has 0 saturated heterocycles. The molecule has 0 amide bonds. The molecule has 2 aromatic heterocycles.